The standard InChI is InChI=1S/C17H14ClN3O2/c18-14-6-3-4-12(8-14)9-19-16(22)11-21-17(23)15-7-2-1-5-13(15)10-20-21/h1-8,10H,9,11H2,(H,19,22). The number of rotatable bonds is 4. The molecule has 116 valence electrons. The number of benzene rings is 2. The van der Waals surface area contributed by atoms with Crippen LogP contribution < -0.4 is 10.9 Å². The Kier molecular flexibility index (Phi) is 4.39. The first-order chi connectivity index (χ1) is 11.1. The Balaban J connectivity index is 1.71. The first-order valence-corrected chi connectivity index (χ1v) is 7.47. The number of aromatic nitrogens is 2. The van der Waals surface area contributed by atoms with Crippen molar-refractivity contribution in [3.8, 4) is 0 Å². The van der Waals surface area contributed by atoms with Gasteiger partial charge in [-0.1, -0.05) is 41.9 Å². The summed E-state index contributed by atoms with van der Waals surface area (Å²) in [7, 11) is 0. The lowest BCUT2D eigenvalue weighted by molar-refractivity contribution is -0.122. The first kappa shape index (κ1) is 15.2. The monoisotopic (exact) mass is 327 g/mol. The molecule has 0 spiro atoms. The number of nitrogens with one attached hydrogen (secondary N) is 1. The lowest BCUT2D eigenvalue weighted by Crippen LogP contribution is -2.33. The lowest BCUT2D eigenvalue weighted by Gasteiger charge is -2.08. The van der Waals surface area contributed by atoms with Crippen LogP contribution in [0.2, 0.25) is 5.02 Å². The van der Waals surface area contributed by atoms with E-state index in [9.17, 15) is 9.59 Å². The van der Waals surface area contributed by atoms with Gasteiger partial charge in [0.15, 0.2) is 0 Å². The molecule has 1 N–H and O–H groups in total. The van der Waals surface area contributed by atoms with E-state index in [0.717, 1.165) is 15.6 Å². The summed E-state index contributed by atoms with van der Waals surface area (Å²) in [4.78, 5) is 24.3. The number of halogens is 1. The van der Waals surface area contributed by atoms with Crippen LogP contribution in [0.5, 0.6) is 0 Å². The molecule has 1 amide bonds. The summed E-state index contributed by atoms with van der Waals surface area (Å²) in [5, 5.41) is 8.71. The summed E-state index contributed by atoms with van der Waals surface area (Å²) >= 11 is 5.90. The molecule has 23 heavy (non-hydrogen) atoms. The lowest BCUT2D eigenvalue weighted by atomic mass is 10.2. The Labute approximate surface area is 137 Å². The van der Waals surface area contributed by atoms with Crippen molar-refractivity contribution in [2.75, 3.05) is 0 Å². The van der Waals surface area contributed by atoms with Crippen LogP contribution in [0.15, 0.2) is 59.5 Å². The summed E-state index contributed by atoms with van der Waals surface area (Å²) < 4.78 is 1.16. The van der Waals surface area contributed by atoms with Crippen molar-refractivity contribution in [2.24, 2.45) is 0 Å². The average Bonchev–Trinajstić information content (AvgIpc) is 2.56. The van der Waals surface area contributed by atoms with Crippen LogP contribution in [-0.4, -0.2) is 15.7 Å². The average molecular weight is 328 g/mol. The summed E-state index contributed by atoms with van der Waals surface area (Å²) in [5.41, 5.74) is 0.616. The maximum Gasteiger partial charge on any atom is 0.275 e. The quantitative estimate of drug-likeness (QED) is 0.800. The minimum absolute atomic E-state index is 0.121. The summed E-state index contributed by atoms with van der Waals surface area (Å²) in [5.74, 6) is -0.283. The summed E-state index contributed by atoms with van der Waals surface area (Å²) in [6, 6.07) is 14.4. The molecule has 1 aromatic heterocycles. The van der Waals surface area contributed by atoms with E-state index in [0.29, 0.717) is 17.0 Å². The van der Waals surface area contributed by atoms with Crippen LogP contribution in [0.4, 0.5) is 0 Å². The zero-order chi connectivity index (χ0) is 16.2. The molecule has 0 saturated heterocycles. The van der Waals surface area contributed by atoms with Gasteiger partial charge in [-0.2, -0.15) is 5.10 Å². The zero-order valence-electron chi connectivity index (χ0n) is 12.2. The number of fused-ring (bicyclic) bond motifs is 1. The maximum absolute atomic E-state index is 12.3. The largest absolute Gasteiger partial charge is 0.350 e. The van der Waals surface area contributed by atoms with Crippen LogP contribution in [0, 0.1) is 0 Å². The molecule has 5 nitrogen and oxygen atoms in total. The second-order valence-electron chi connectivity index (χ2n) is 5.10. The third-order valence-electron chi connectivity index (χ3n) is 3.43. The van der Waals surface area contributed by atoms with Crippen molar-refractivity contribution in [1.82, 2.24) is 15.1 Å². The minimum atomic E-state index is -0.283. The second-order valence-corrected chi connectivity index (χ2v) is 5.54. The van der Waals surface area contributed by atoms with Gasteiger partial charge >= 0.3 is 0 Å². The molecule has 0 aliphatic heterocycles. The predicted octanol–water partition coefficient (Wildman–Crippen LogP) is 2.37. The molecule has 1 heterocycles. The van der Waals surface area contributed by atoms with Crippen molar-refractivity contribution in [2.45, 2.75) is 13.1 Å². The Hall–Kier alpha value is -2.66. The van der Waals surface area contributed by atoms with Crippen molar-refractivity contribution in [3.63, 3.8) is 0 Å². The molecule has 3 aromatic rings. The number of nitrogens with zero attached hydrogens (tertiary/aromatic N) is 2. The van der Waals surface area contributed by atoms with Gasteiger partial charge in [0.25, 0.3) is 5.56 Å². The number of hydrogen-bond acceptors (Lipinski definition) is 3. The normalized spacial score (nSPS) is 10.7. The third-order valence-corrected chi connectivity index (χ3v) is 3.67. The summed E-state index contributed by atoms with van der Waals surface area (Å²) in [6.45, 7) is 0.228. The van der Waals surface area contributed by atoms with Crippen LogP contribution in [0.1, 0.15) is 5.56 Å². The number of carbonyl (C=O) groups is 1. The van der Waals surface area contributed by atoms with Gasteiger partial charge in [0, 0.05) is 17.0 Å². The molecule has 0 bridgehead atoms. The highest BCUT2D eigenvalue weighted by Gasteiger charge is 2.08. The van der Waals surface area contributed by atoms with Gasteiger partial charge in [-0.3, -0.25) is 9.59 Å². The number of amides is 1. The maximum atomic E-state index is 12.3. The predicted molar refractivity (Wildman–Crippen MR) is 89.3 cm³/mol. The Morgan fingerprint density at radius 3 is 2.83 bits per heavy atom. The molecule has 0 fully saturated rings. The van der Waals surface area contributed by atoms with Gasteiger partial charge in [0.05, 0.1) is 11.6 Å². The van der Waals surface area contributed by atoms with Gasteiger partial charge in [-0.05, 0) is 23.8 Å². The van der Waals surface area contributed by atoms with Crippen LogP contribution in [-0.2, 0) is 17.9 Å². The number of hydrogen-bond donors (Lipinski definition) is 1. The van der Waals surface area contributed by atoms with Crippen molar-refractivity contribution >= 4 is 28.3 Å². The van der Waals surface area contributed by atoms with E-state index >= 15 is 0 Å². The van der Waals surface area contributed by atoms with Gasteiger partial charge in [0.1, 0.15) is 6.54 Å². The Morgan fingerprint density at radius 1 is 1.17 bits per heavy atom. The molecule has 0 radical (unpaired) electrons. The van der Waals surface area contributed by atoms with Gasteiger partial charge in [-0.25, -0.2) is 4.68 Å². The molecule has 0 aliphatic rings. The van der Waals surface area contributed by atoms with Crippen LogP contribution in [0.25, 0.3) is 10.8 Å². The summed E-state index contributed by atoms with van der Waals surface area (Å²) in [6.07, 6.45) is 1.58. The fraction of sp³-hybridized carbons (Fsp3) is 0.118. The SMILES string of the molecule is O=C(Cn1ncc2ccccc2c1=O)NCc1cccc(Cl)c1. The first-order valence-electron chi connectivity index (χ1n) is 7.09. The molecule has 0 saturated carbocycles. The second kappa shape index (κ2) is 6.62. The zero-order valence-corrected chi connectivity index (χ0v) is 13.0. The Morgan fingerprint density at radius 2 is 2.00 bits per heavy atom. The fourth-order valence-electron chi connectivity index (χ4n) is 2.28. The van der Waals surface area contributed by atoms with Gasteiger partial charge < -0.3 is 5.32 Å². The Bertz CT molecular complexity index is 921. The van der Waals surface area contributed by atoms with E-state index < -0.39 is 0 Å². The molecule has 2 aromatic carbocycles. The minimum Gasteiger partial charge on any atom is -0.350 e. The van der Waals surface area contributed by atoms with Crippen molar-refractivity contribution < 1.29 is 4.79 Å². The topological polar surface area (TPSA) is 64.0 Å². The van der Waals surface area contributed by atoms with Gasteiger partial charge in [0.2, 0.25) is 5.91 Å². The van der Waals surface area contributed by atoms with E-state index in [1.54, 1.807) is 30.5 Å². The third kappa shape index (κ3) is 3.57. The molecular formula is C17H14ClN3O2. The molecule has 0 unspecified atom stereocenters. The van der Waals surface area contributed by atoms with E-state index in [-0.39, 0.29) is 18.0 Å². The van der Waals surface area contributed by atoms with Crippen LogP contribution in [0.3, 0.4) is 0 Å². The smallest absolute Gasteiger partial charge is 0.275 e. The highest BCUT2D eigenvalue weighted by atomic mass is 35.5. The van der Waals surface area contributed by atoms with Gasteiger partial charge in [-0.15, -0.1) is 0 Å². The van der Waals surface area contributed by atoms with E-state index in [2.05, 4.69) is 10.4 Å². The van der Waals surface area contributed by atoms with E-state index in [4.69, 9.17) is 11.6 Å². The number of carbonyl (C=O) groups excluding carboxylic acids is 1. The molecule has 3 rings (SSSR count). The van der Waals surface area contributed by atoms with E-state index in [1.807, 2.05) is 24.3 Å². The molecular weight excluding hydrogens is 314 g/mol. The van der Waals surface area contributed by atoms with Crippen molar-refractivity contribution in [3.05, 3.63) is 75.7 Å². The van der Waals surface area contributed by atoms with Crippen molar-refractivity contribution in [1.29, 1.82) is 0 Å². The van der Waals surface area contributed by atoms with Crippen LogP contribution >= 0.6 is 11.6 Å². The molecule has 6 heteroatoms. The van der Waals surface area contributed by atoms with E-state index in [1.165, 1.54) is 0 Å². The fourth-order valence-corrected chi connectivity index (χ4v) is 2.49. The molecule has 0 atom stereocenters. The molecule has 0 aliphatic carbocycles. The highest BCUT2D eigenvalue weighted by molar-refractivity contribution is 6.30. The highest BCUT2D eigenvalue weighted by Crippen LogP contribution is 2.10.